The van der Waals surface area contributed by atoms with E-state index in [4.69, 9.17) is 15.2 Å². The number of hydrogen-bond acceptors (Lipinski definition) is 6. The van der Waals surface area contributed by atoms with E-state index in [1.807, 2.05) is 13.8 Å². The summed E-state index contributed by atoms with van der Waals surface area (Å²) in [5.74, 6) is -3.00. The number of hydrogen-bond donors (Lipinski definition) is 4. The van der Waals surface area contributed by atoms with Crippen molar-refractivity contribution < 1.29 is 29.3 Å². The van der Waals surface area contributed by atoms with Crippen LogP contribution in [0.2, 0.25) is 0 Å². The van der Waals surface area contributed by atoms with Gasteiger partial charge in [0, 0.05) is 15.6 Å². The zero-order chi connectivity index (χ0) is 22.0. The average molecular weight is 534 g/mol. The Balaban J connectivity index is 3.03. The van der Waals surface area contributed by atoms with E-state index < -0.39 is 34.4 Å². The van der Waals surface area contributed by atoms with Gasteiger partial charge in [0.05, 0.1) is 17.2 Å². The third kappa shape index (κ3) is 4.40. The zero-order valence-electron chi connectivity index (χ0n) is 15.6. The highest BCUT2D eigenvalue weighted by Gasteiger charge is 2.30. The van der Waals surface area contributed by atoms with E-state index in [2.05, 4.69) is 36.8 Å². The normalized spacial score (nSPS) is 10.8. The molecule has 29 heavy (non-hydrogen) atoms. The van der Waals surface area contributed by atoms with Gasteiger partial charge in [-0.15, -0.1) is 0 Å². The highest BCUT2D eigenvalue weighted by atomic mass is 79.9. The van der Waals surface area contributed by atoms with Gasteiger partial charge in [0.1, 0.15) is 16.9 Å². The molecule has 0 saturated carbocycles. The molecule has 9 nitrogen and oxygen atoms in total. The molecule has 0 saturated heterocycles. The molecular formula is C18H18Br2N2O7. The van der Waals surface area contributed by atoms with Gasteiger partial charge in [0.2, 0.25) is 0 Å². The molecule has 1 heterocycles. The summed E-state index contributed by atoms with van der Waals surface area (Å²) in [5.41, 5.74) is 3.10. The summed E-state index contributed by atoms with van der Waals surface area (Å²) in [4.78, 5) is 38.0. The molecule has 1 aromatic heterocycles. The minimum atomic E-state index is -1.60. The van der Waals surface area contributed by atoms with Crippen LogP contribution in [-0.2, 0) is 0 Å². The number of aromatic nitrogens is 1. The Bertz CT molecular complexity index is 1050. The maximum Gasteiger partial charge on any atom is 0.342 e. The van der Waals surface area contributed by atoms with E-state index in [9.17, 15) is 24.6 Å². The predicted molar refractivity (Wildman–Crippen MR) is 113 cm³/mol. The first-order valence-corrected chi connectivity index (χ1v) is 9.93. The van der Waals surface area contributed by atoms with Crippen LogP contribution in [0.3, 0.4) is 0 Å². The second kappa shape index (κ2) is 8.87. The Morgan fingerprint density at radius 3 is 2.24 bits per heavy atom. The molecule has 11 heteroatoms. The van der Waals surface area contributed by atoms with Gasteiger partial charge in [-0.05, 0) is 58.7 Å². The van der Waals surface area contributed by atoms with Crippen molar-refractivity contribution in [1.29, 1.82) is 0 Å². The molecule has 1 aromatic carbocycles. The van der Waals surface area contributed by atoms with E-state index in [1.54, 1.807) is 6.92 Å². The number of carboxylic acid groups (broad SMARTS) is 2. The van der Waals surface area contributed by atoms with Crippen molar-refractivity contribution in [1.82, 2.24) is 4.98 Å². The van der Waals surface area contributed by atoms with E-state index in [0.29, 0.717) is 10.2 Å². The molecule has 0 amide bonds. The number of anilines is 1. The lowest BCUT2D eigenvalue weighted by Crippen LogP contribution is -2.24. The van der Waals surface area contributed by atoms with Crippen molar-refractivity contribution in [2.24, 2.45) is 0 Å². The lowest BCUT2D eigenvalue weighted by atomic mass is 9.95. The van der Waals surface area contributed by atoms with Crippen LogP contribution in [0, 0.1) is 0 Å². The molecule has 2 aromatic rings. The molecule has 0 bridgehead atoms. The Morgan fingerprint density at radius 1 is 1.17 bits per heavy atom. The molecule has 0 radical (unpaired) electrons. The Hall–Kier alpha value is -2.53. The van der Waals surface area contributed by atoms with E-state index in [-0.39, 0.29) is 34.1 Å². The number of halogens is 2. The van der Waals surface area contributed by atoms with Crippen LogP contribution in [0.15, 0.2) is 19.8 Å². The molecule has 0 spiro atoms. The number of nitrogens with one attached hydrogen (secondary N) is 1. The number of carbonyl (C=O) groups is 2. The second-order valence-electron chi connectivity index (χ2n) is 6.08. The molecule has 0 unspecified atom stereocenters. The molecule has 0 aliphatic heterocycles. The molecule has 5 N–H and O–H groups in total. The number of carboxylic acids is 2. The first kappa shape index (κ1) is 22.8. The SMILES string of the molecule is CCOc1cc(-c2c(C(=O)O)c(N)[nH]c(=O)c2C(=O)O)c(Br)c(Br)c1OC(C)C. The fourth-order valence-corrected chi connectivity index (χ4v) is 3.69. The zero-order valence-corrected chi connectivity index (χ0v) is 18.8. The number of rotatable bonds is 7. The Kier molecular flexibility index (Phi) is 6.96. The highest BCUT2D eigenvalue weighted by Crippen LogP contribution is 2.48. The molecule has 0 atom stereocenters. The van der Waals surface area contributed by atoms with Gasteiger partial charge in [-0.2, -0.15) is 0 Å². The van der Waals surface area contributed by atoms with Crippen molar-refractivity contribution in [3.63, 3.8) is 0 Å². The second-order valence-corrected chi connectivity index (χ2v) is 7.67. The van der Waals surface area contributed by atoms with Crippen molar-refractivity contribution in [2.45, 2.75) is 26.9 Å². The number of nitrogen functional groups attached to an aromatic ring is 1. The quantitative estimate of drug-likeness (QED) is 0.420. The third-order valence-electron chi connectivity index (χ3n) is 3.72. The summed E-state index contributed by atoms with van der Waals surface area (Å²) in [6, 6.07) is 1.41. The molecule has 0 aliphatic rings. The van der Waals surface area contributed by atoms with Gasteiger partial charge in [0.25, 0.3) is 5.56 Å². The van der Waals surface area contributed by atoms with Gasteiger partial charge in [0.15, 0.2) is 11.5 Å². The van der Waals surface area contributed by atoms with Crippen LogP contribution in [0.25, 0.3) is 11.1 Å². The van der Waals surface area contributed by atoms with Crippen molar-refractivity contribution in [3.05, 3.63) is 36.5 Å². The fourth-order valence-electron chi connectivity index (χ4n) is 2.69. The highest BCUT2D eigenvalue weighted by molar-refractivity contribution is 9.13. The summed E-state index contributed by atoms with van der Waals surface area (Å²) >= 11 is 6.71. The topological polar surface area (TPSA) is 152 Å². The Morgan fingerprint density at radius 2 is 1.76 bits per heavy atom. The summed E-state index contributed by atoms with van der Waals surface area (Å²) in [6.45, 7) is 5.63. The molecular weight excluding hydrogens is 516 g/mol. The molecule has 0 aliphatic carbocycles. The van der Waals surface area contributed by atoms with Gasteiger partial charge in [-0.1, -0.05) is 0 Å². The largest absolute Gasteiger partial charge is 0.490 e. The van der Waals surface area contributed by atoms with Crippen LogP contribution < -0.4 is 20.8 Å². The number of nitrogens with two attached hydrogens (primary N) is 1. The summed E-state index contributed by atoms with van der Waals surface area (Å²) in [5, 5.41) is 19.2. The lowest BCUT2D eigenvalue weighted by Gasteiger charge is -2.20. The van der Waals surface area contributed by atoms with Crippen molar-refractivity contribution in [2.75, 3.05) is 12.3 Å². The Labute approximate surface area is 182 Å². The maximum atomic E-state index is 12.3. The number of H-pyrrole nitrogens is 1. The molecule has 156 valence electrons. The number of pyridine rings is 1. The minimum absolute atomic E-state index is 0.0871. The fraction of sp³-hybridized carbons (Fsp3) is 0.278. The summed E-state index contributed by atoms with van der Waals surface area (Å²) in [6.07, 6.45) is -0.206. The number of ether oxygens (including phenoxy) is 2. The number of benzene rings is 1. The van der Waals surface area contributed by atoms with E-state index in [0.717, 1.165) is 0 Å². The van der Waals surface area contributed by atoms with Crippen LogP contribution in [0.5, 0.6) is 11.5 Å². The van der Waals surface area contributed by atoms with Gasteiger partial charge in [-0.25, -0.2) is 9.59 Å². The first-order valence-electron chi connectivity index (χ1n) is 8.35. The maximum absolute atomic E-state index is 12.3. The summed E-state index contributed by atoms with van der Waals surface area (Å²) < 4.78 is 12.0. The van der Waals surface area contributed by atoms with E-state index >= 15 is 0 Å². The van der Waals surface area contributed by atoms with Crippen LogP contribution >= 0.6 is 31.9 Å². The van der Waals surface area contributed by atoms with Crippen molar-refractivity contribution in [3.8, 4) is 22.6 Å². The number of aromatic carboxylic acids is 2. The minimum Gasteiger partial charge on any atom is -0.490 e. The first-order chi connectivity index (χ1) is 13.5. The monoisotopic (exact) mass is 532 g/mol. The molecule has 0 fully saturated rings. The smallest absolute Gasteiger partial charge is 0.342 e. The van der Waals surface area contributed by atoms with Crippen molar-refractivity contribution >= 4 is 49.6 Å². The van der Waals surface area contributed by atoms with Crippen LogP contribution in [0.4, 0.5) is 5.82 Å². The third-order valence-corrected chi connectivity index (χ3v) is 5.84. The predicted octanol–water partition coefficient (Wildman–Crippen LogP) is 3.73. The molecule has 2 rings (SSSR count). The lowest BCUT2D eigenvalue weighted by molar-refractivity contribution is 0.0695. The van der Waals surface area contributed by atoms with Gasteiger partial charge in [-0.3, -0.25) is 4.79 Å². The van der Waals surface area contributed by atoms with E-state index in [1.165, 1.54) is 6.07 Å². The van der Waals surface area contributed by atoms with Gasteiger partial charge < -0.3 is 30.4 Å². The average Bonchev–Trinajstić information content (AvgIpc) is 2.59. The van der Waals surface area contributed by atoms with Crippen LogP contribution in [0.1, 0.15) is 41.5 Å². The van der Waals surface area contributed by atoms with Gasteiger partial charge >= 0.3 is 11.9 Å². The summed E-state index contributed by atoms with van der Waals surface area (Å²) in [7, 11) is 0. The van der Waals surface area contributed by atoms with Crippen LogP contribution in [-0.4, -0.2) is 39.8 Å². The standard InChI is InChI=1S/C18H18Br2N2O7/c1-4-28-8-5-7(12(19)13(20)14(8)29-6(2)3)9-10(17(24)25)15(21)22-16(23)11(9)18(26)27/h5-6H,4H2,1-3H3,(H,24,25)(H,26,27)(H3,21,22,23). The number of aromatic amines is 1.